The lowest BCUT2D eigenvalue weighted by Gasteiger charge is -2.34. The quantitative estimate of drug-likeness (QED) is 0.633. The Labute approximate surface area is 164 Å². The topological polar surface area (TPSA) is 56.9 Å². The van der Waals surface area contributed by atoms with E-state index >= 15 is 0 Å². The van der Waals surface area contributed by atoms with Crippen molar-refractivity contribution >= 4 is 5.96 Å². The van der Waals surface area contributed by atoms with Gasteiger partial charge in [-0.15, -0.1) is 0 Å². The highest BCUT2D eigenvalue weighted by atomic mass is 16.4. The summed E-state index contributed by atoms with van der Waals surface area (Å²) in [5.41, 5.74) is 1.01. The Hall–Kier alpha value is -1.56. The van der Waals surface area contributed by atoms with Gasteiger partial charge in [0.1, 0.15) is 5.76 Å². The molecule has 6 nitrogen and oxygen atoms in total. The summed E-state index contributed by atoms with van der Waals surface area (Å²) in [6.07, 6.45) is 4.97. The molecule has 2 saturated heterocycles. The molecule has 0 spiro atoms. The summed E-state index contributed by atoms with van der Waals surface area (Å²) in [5.74, 6) is 4.46. The van der Waals surface area contributed by atoms with Gasteiger partial charge in [0.15, 0.2) is 5.96 Å². The van der Waals surface area contributed by atoms with E-state index in [9.17, 15) is 0 Å². The predicted molar refractivity (Wildman–Crippen MR) is 110 cm³/mol. The zero-order valence-electron chi connectivity index (χ0n) is 17.6. The lowest BCUT2D eigenvalue weighted by molar-refractivity contribution is 0.166. The van der Waals surface area contributed by atoms with Gasteiger partial charge >= 0.3 is 0 Å². The number of aromatic nitrogens is 1. The van der Waals surface area contributed by atoms with E-state index in [1.165, 1.54) is 25.7 Å². The minimum atomic E-state index is 0.687. The van der Waals surface area contributed by atoms with Crippen LogP contribution in [0.25, 0.3) is 0 Å². The number of aryl methyl sites for hydroxylation is 2. The van der Waals surface area contributed by atoms with Crippen LogP contribution in [0.15, 0.2) is 9.41 Å². The van der Waals surface area contributed by atoms with Crippen molar-refractivity contribution in [1.82, 2.24) is 20.1 Å². The van der Waals surface area contributed by atoms with E-state index in [-0.39, 0.29) is 0 Å². The molecule has 0 amide bonds. The van der Waals surface area contributed by atoms with E-state index in [2.05, 4.69) is 33.9 Å². The summed E-state index contributed by atoms with van der Waals surface area (Å²) in [6.45, 7) is 15.7. The van der Waals surface area contributed by atoms with Crippen LogP contribution in [0.4, 0.5) is 0 Å². The van der Waals surface area contributed by atoms with Gasteiger partial charge in [-0.2, -0.15) is 0 Å². The van der Waals surface area contributed by atoms with Crippen LogP contribution in [0.1, 0.15) is 56.9 Å². The average Bonchev–Trinajstić information content (AvgIpc) is 2.98. The van der Waals surface area contributed by atoms with Gasteiger partial charge in [0.2, 0.25) is 5.89 Å². The maximum Gasteiger partial charge on any atom is 0.208 e. The Bertz CT molecular complexity index is 591. The lowest BCUT2D eigenvalue weighted by Crippen LogP contribution is -2.45. The fraction of sp³-hybridized carbons (Fsp3) is 0.810. The zero-order valence-corrected chi connectivity index (χ0v) is 17.6. The molecule has 0 aromatic carbocycles. The zero-order chi connectivity index (χ0) is 19.2. The van der Waals surface area contributed by atoms with E-state index in [1.807, 2.05) is 13.8 Å². The van der Waals surface area contributed by atoms with Gasteiger partial charge in [0.05, 0.1) is 12.2 Å². The first-order chi connectivity index (χ1) is 13.0. The van der Waals surface area contributed by atoms with Crippen molar-refractivity contribution in [2.45, 2.75) is 59.9 Å². The summed E-state index contributed by atoms with van der Waals surface area (Å²) in [7, 11) is 0. The average molecular weight is 376 g/mol. The van der Waals surface area contributed by atoms with Crippen LogP contribution in [0.2, 0.25) is 0 Å². The largest absolute Gasteiger partial charge is 0.444 e. The van der Waals surface area contributed by atoms with E-state index < -0.39 is 0 Å². The molecular weight excluding hydrogens is 338 g/mol. The van der Waals surface area contributed by atoms with Crippen LogP contribution in [0, 0.1) is 25.7 Å². The molecule has 1 aromatic heterocycles. The monoisotopic (exact) mass is 375 g/mol. The molecule has 2 aliphatic rings. The van der Waals surface area contributed by atoms with Crippen LogP contribution >= 0.6 is 0 Å². The number of rotatable bonds is 5. The SMILES string of the molecule is CCNC(=NCC1CCN(Cc2nc(C)c(C)o2)CC1)N1CCC(C)CC1. The van der Waals surface area contributed by atoms with Crippen molar-refractivity contribution in [2.24, 2.45) is 16.8 Å². The molecule has 0 atom stereocenters. The lowest BCUT2D eigenvalue weighted by atomic mass is 9.97. The smallest absolute Gasteiger partial charge is 0.208 e. The highest BCUT2D eigenvalue weighted by molar-refractivity contribution is 5.80. The third-order valence-electron chi connectivity index (χ3n) is 6.06. The molecule has 0 saturated carbocycles. The Morgan fingerprint density at radius 2 is 1.85 bits per heavy atom. The molecule has 1 N–H and O–H groups in total. The number of aliphatic imine (C=N–C) groups is 1. The van der Waals surface area contributed by atoms with Crippen LogP contribution < -0.4 is 5.32 Å². The van der Waals surface area contributed by atoms with Crippen molar-refractivity contribution in [2.75, 3.05) is 39.3 Å². The highest BCUT2D eigenvalue weighted by Crippen LogP contribution is 2.21. The Balaban J connectivity index is 1.46. The predicted octanol–water partition coefficient (Wildman–Crippen LogP) is 3.20. The van der Waals surface area contributed by atoms with Gasteiger partial charge in [0.25, 0.3) is 0 Å². The first kappa shape index (κ1) is 20.2. The third-order valence-corrected chi connectivity index (χ3v) is 6.06. The van der Waals surface area contributed by atoms with Crippen LogP contribution in [0.3, 0.4) is 0 Å². The number of piperidine rings is 2. The molecule has 0 radical (unpaired) electrons. The molecule has 0 bridgehead atoms. The number of guanidine groups is 1. The van der Waals surface area contributed by atoms with Gasteiger partial charge in [-0.05, 0) is 71.4 Å². The molecule has 27 heavy (non-hydrogen) atoms. The van der Waals surface area contributed by atoms with Crippen LogP contribution in [0.5, 0.6) is 0 Å². The van der Waals surface area contributed by atoms with Crippen molar-refractivity contribution in [3.05, 3.63) is 17.3 Å². The second-order valence-electron chi connectivity index (χ2n) is 8.33. The fourth-order valence-corrected chi connectivity index (χ4v) is 3.99. The fourth-order valence-electron chi connectivity index (χ4n) is 3.99. The van der Waals surface area contributed by atoms with Gasteiger partial charge in [-0.25, -0.2) is 4.98 Å². The summed E-state index contributed by atoms with van der Waals surface area (Å²) < 4.78 is 5.74. The number of hydrogen-bond donors (Lipinski definition) is 1. The second kappa shape index (κ2) is 9.58. The van der Waals surface area contributed by atoms with Crippen molar-refractivity contribution in [3.63, 3.8) is 0 Å². The number of nitrogens with one attached hydrogen (secondary N) is 1. The first-order valence-corrected chi connectivity index (χ1v) is 10.7. The maximum atomic E-state index is 5.74. The Kier molecular flexibility index (Phi) is 7.16. The van der Waals surface area contributed by atoms with E-state index in [0.29, 0.717) is 5.92 Å². The second-order valence-corrected chi connectivity index (χ2v) is 8.33. The molecule has 3 heterocycles. The standard InChI is InChI=1S/C21H37N5O/c1-5-22-21(26-12-6-16(2)7-13-26)23-14-19-8-10-25(11-9-19)15-20-24-17(3)18(4)27-20/h16,19H,5-15H2,1-4H3,(H,22,23). The summed E-state index contributed by atoms with van der Waals surface area (Å²) in [5, 5.41) is 3.50. The Morgan fingerprint density at radius 3 is 2.44 bits per heavy atom. The van der Waals surface area contributed by atoms with Gasteiger partial charge in [-0.3, -0.25) is 9.89 Å². The molecule has 2 aliphatic heterocycles. The maximum absolute atomic E-state index is 5.74. The number of hydrogen-bond acceptors (Lipinski definition) is 4. The molecule has 1 aromatic rings. The van der Waals surface area contributed by atoms with E-state index in [0.717, 1.165) is 75.0 Å². The van der Waals surface area contributed by atoms with Gasteiger partial charge in [-0.1, -0.05) is 6.92 Å². The summed E-state index contributed by atoms with van der Waals surface area (Å²) >= 11 is 0. The van der Waals surface area contributed by atoms with Crippen LogP contribution in [-0.4, -0.2) is 60.0 Å². The number of nitrogens with zero attached hydrogens (tertiary/aromatic N) is 4. The molecular formula is C21H37N5O. The number of oxazole rings is 1. The molecule has 3 rings (SSSR count). The Morgan fingerprint density at radius 1 is 1.15 bits per heavy atom. The van der Waals surface area contributed by atoms with Gasteiger partial charge in [0, 0.05) is 26.2 Å². The molecule has 152 valence electrons. The number of likely N-dealkylation sites (tertiary alicyclic amines) is 2. The minimum Gasteiger partial charge on any atom is -0.444 e. The van der Waals surface area contributed by atoms with E-state index in [1.54, 1.807) is 0 Å². The summed E-state index contributed by atoms with van der Waals surface area (Å²) in [4.78, 5) is 14.4. The normalized spacial score (nSPS) is 21.0. The molecule has 0 aliphatic carbocycles. The molecule has 6 heteroatoms. The first-order valence-electron chi connectivity index (χ1n) is 10.7. The van der Waals surface area contributed by atoms with E-state index in [4.69, 9.17) is 9.41 Å². The third kappa shape index (κ3) is 5.71. The highest BCUT2D eigenvalue weighted by Gasteiger charge is 2.22. The minimum absolute atomic E-state index is 0.687. The molecule has 0 unspecified atom stereocenters. The summed E-state index contributed by atoms with van der Waals surface area (Å²) in [6, 6.07) is 0. The molecule has 2 fully saturated rings. The van der Waals surface area contributed by atoms with Crippen molar-refractivity contribution in [3.8, 4) is 0 Å². The van der Waals surface area contributed by atoms with Gasteiger partial charge < -0.3 is 14.6 Å². The van der Waals surface area contributed by atoms with Crippen molar-refractivity contribution in [1.29, 1.82) is 0 Å². The van der Waals surface area contributed by atoms with Crippen molar-refractivity contribution < 1.29 is 4.42 Å². The van der Waals surface area contributed by atoms with Crippen LogP contribution in [-0.2, 0) is 6.54 Å².